The summed E-state index contributed by atoms with van der Waals surface area (Å²) in [6, 6.07) is 1.78. The Hall–Kier alpha value is -1.12. The number of halogens is 1. The predicted molar refractivity (Wildman–Crippen MR) is 33.4 cm³/mol. The molecular weight excluding hydrogens is 133 g/mol. The van der Waals surface area contributed by atoms with E-state index in [-0.39, 0.29) is 0 Å². The summed E-state index contributed by atoms with van der Waals surface area (Å²) in [5.74, 6) is -0.155. The number of pyridine rings is 1. The normalized spacial score (nSPS) is 14.5. The highest BCUT2D eigenvalue weighted by atomic mass is 19.1. The highest BCUT2D eigenvalue weighted by Gasteiger charge is 2.16. The van der Waals surface area contributed by atoms with Gasteiger partial charge in [-0.3, -0.25) is 0 Å². The summed E-state index contributed by atoms with van der Waals surface area (Å²) < 4.78 is 17.6. The highest BCUT2D eigenvalue weighted by Crippen LogP contribution is 2.25. The molecule has 0 amide bonds. The number of fused-ring (bicyclic) bond motifs is 1. The number of ether oxygens (including phenoxy) is 1. The third kappa shape index (κ3) is 0.667. The van der Waals surface area contributed by atoms with Crippen LogP contribution in [0.1, 0.15) is 5.56 Å². The van der Waals surface area contributed by atoms with Gasteiger partial charge in [0.15, 0.2) is 5.75 Å². The molecule has 0 aromatic carbocycles. The van der Waals surface area contributed by atoms with Gasteiger partial charge in [-0.05, 0) is 6.07 Å². The molecule has 0 bridgehead atoms. The Morgan fingerprint density at radius 2 is 2.50 bits per heavy atom. The van der Waals surface area contributed by atoms with E-state index in [0.717, 1.165) is 12.0 Å². The van der Waals surface area contributed by atoms with E-state index in [9.17, 15) is 4.39 Å². The quantitative estimate of drug-likeness (QED) is 0.503. The molecule has 10 heavy (non-hydrogen) atoms. The number of rotatable bonds is 0. The molecule has 0 atom stereocenters. The van der Waals surface area contributed by atoms with Crippen LogP contribution in [0.25, 0.3) is 0 Å². The van der Waals surface area contributed by atoms with E-state index in [1.54, 1.807) is 6.07 Å². The van der Waals surface area contributed by atoms with Crippen molar-refractivity contribution in [2.24, 2.45) is 0 Å². The van der Waals surface area contributed by atoms with Crippen molar-refractivity contribution in [1.29, 1.82) is 0 Å². The zero-order chi connectivity index (χ0) is 6.97. The van der Waals surface area contributed by atoms with Gasteiger partial charge in [-0.1, -0.05) is 0 Å². The molecule has 3 heteroatoms. The maximum absolute atomic E-state index is 12.7. The minimum Gasteiger partial charge on any atom is -0.488 e. The Morgan fingerprint density at radius 3 is 3.30 bits per heavy atom. The van der Waals surface area contributed by atoms with Crippen LogP contribution < -0.4 is 4.74 Å². The van der Waals surface area contributed by atoms with Crippen molar-refractivity contribution >= 4 is 0 Å². The summed E-state index contributed by atoms with van der Waals surface area (Å²) in [4.78, 5) is 3.46. The van der Waals surface area contributed by atoms with E-state index < -0.39 is 5.95 Å². The second-order valence-corrected chi connectivity index (χ2v) is 2.19. The van der Waals surface area contributed by atoms with E-state index in [1.807, 2.05) is 0 Å². The van der Waals surface area contributed by atoms with Gasteiger partial charge in [0.2, 0.25) is 0 Å². The number of nitrogens with zero attached hydrogens (tertiary/aromatic N) is 1. The molecule has 1 aliphatic heterocycles. The van der Waals surface area contributed by atoms with E-state index in [0.29, 0.717) is 12.4 Å². The van der Waals surface area contributed by atoms with Gasteiger partial charge in [-0.2, -0.15) is 4.39 Å². The van der Waals surface area contributed by atoms with E-state index in [2.05, 4.69) is 4.98 Å². The van der Waals surface area contributed by atoms with Crippen LogP contribution in [0.5, 0.6) is 5.75 Å². The molecule has 0 aliphatic carbocycles. The number of hydrogen-bond donors (Lipinski definition) is 0. The van der Waals surface area contributed by atoms with Gasteiger partial charge in [-0.25, -0.2) is 4.98 Å². The zero-order valence-electron chi connectivity index (χ0n) is 5.30. The van der Waals surface area contributed by atoms with Gasteiger partial charge in [0, 0.05) is 18.2 Å². The maximum Gasteiger partial charge on any atom is 0.255 e. The Morgan fingerprint density at radius 1 is 1.60 bits per heavy atom. The molecule has 2 nitrogen and oxygen atoms in total. The van der Waals surface area contributed by atoms with Crippen LogP contribution in [0.15, 0.2) is 12.3 Å². The molecule has 0 radical (unpaired) electrons. The fourth-order valence-corrected chi connectivity index (χ4v) is 1.07. The van der Waals surface area contributed by atoms with Crippen molar-refractivity contribution in [2.75, 3.05) is 6.61 Å². The molecule has 0 saturated heterocycles. The minimum absolute atomic E-state index is 0.336. The molecule has 1 aliphatic rings. The summed E-state index contributed by atoms with van der Waals surface area (Å²) >= 11 is 0. The Labute approximate surface area is 57.7 Å². The van der Waals surface area contributed by atoms with Gasteiger partial charge >= 0.3 is 0 Å². The zero-order valence-corrected chi connectivity index (χ0v) is 5.30. The second kappa shape index (κ2) is 1.94. The monoisotopic (exact) mass is 139 g/mol. The first-order chi connectivity index (χ1) is 4.88. The molecule has 2 rings (SSSR count). The van der Waals surface area contributed by atoms with Crippen molar-refractivity contribution < 1.29 is 9.13 Å². The average Bonchev–Trinajstić information content (AvgIpc) is 2.36. The summed E-state index contributed by atoms with van der Waals surface area (Å²) in [6.45, 7) is 0.581. The number of aromatic nitrogens is 1. The van der Waals surface area contributed by atoms with Gasteiger partial charge in [0.1, 0.15) is 0 Å². The van der Waals surface area contributed by atoms with Crippen LogP contribution in [0.4, 0.5) is 4.39 Å². The van der Waals surface area contributed by atoms with Crippen molar-refractivity contribution in [1.82, 2.24) is 4.98 Å². The van der Waals surface area contributed by atoms with Crippen LogP contribution in [0.3, 0.4) is 0 Å². The fraction of sp³-hybridized carbons (Fsp3) is 0.286. The lowest BCUT2D eigenvalue weighted by molar-refractivity contribution is 0.334. The fourth-order valence-electron chi connectivity index (χ4n) is 1.07. The third-order valence-corrected chi connectivity index (χ3v) is 1.56. The summed E-state index contributed by atoms with van der Waals surface area (Å²) in [5.41, 5.74) is 0.924. The van der Waals surface area contributed by atoms with Gasteiger partial charge < -0.3 is 4.74 Å². The SMILES string of the molecule is Fc1nccc2c1OCC2. The van der Waals surface area contributed by atoms with Gasteiger partial charge in [0.25, 0.3) is 5.95 Å². The maximum atomic E-state index is 12.7. The van der Waals surface area contributed by atoms with Crippen LogP contribution >= 0.6 is 0 Å². The van der Waals surface area contributed by atoms with E-state index >= 15 is 0 Å². The molecule has 1 aromatic rings. The molecule has 0 saturated carbocycles. The first kappa shape index (κ1) is 5.65. The van der Waals surface area contributed by atoms with Crippen LogP contribution in [0.2, 0.25) is 0 Å². The van der Waals surface area contributed by atoms with Crippen molar-refractivity contribution in [3.05, 3.63) is 23.8 Å². The molecule has 2 heterocycles. The summed E-state index contributed by atoms with van der Waals surface area (Å²) in [6.07, 6.45) is 2.26. The molecule has 1 aromatic heterocycles. The Balaban J connectivity index is 2.59. The lowest BCUT2D eigenvalue weighted by Crippen LogP contribution is -1.89. The molecule has 0 fully saturated rings. The predicted octanol–water partition coefficient (Wildman–Crippen LogP) is 1.16. The molecule has 0 spiro atoms. The topological polar surface area (TPSA) is 22.1 Å². The third-order valence-electron chi connectivity index (χ3n) is 1.56. The molecule has 52 valence electrons. The second-order valence-electron chi connectivity index (χ2n) is 2.19. The lowest BCUT2D eigenvalue weighted by atomic mass is 10.2. The first-order valence-corrected chi connectivity index (χ1v) is 3.14. The van der Waals surface area contributed by atoms with Crippen molar-refractivity contribution in [2.45, 2.75) is 6.42 Å². The number of hydrogen-bond acceptors (Lipinski definition) is 2. The molecule has 0 unspecified atom stereocenters. The summed E-state index contributed by atoms with van der Waals surface area (Å²) in [7, 11) is 0. The molecule has 0 N–H and O–H groups in total. The van der Waals surface area contributed by atoms with E-state index in [4.69, 9.17) is 4.74 Å². The van der Waals surface area contributed by atoms with Crippen molar-refractivity contribution in [3.63, 3.8) is 0 Å². The first-order valence-electron chi connectivity index (χ1n) is 3.14. The average molecular weight is 139 g/mol. The van der Waals surface area contributed by atoms with Crippen molar-refractivity contribution in [3.8, 4) is 5.75 Å². The largest absolute Gasteiger partial charge is 0.488 e. The van der Waals surface area contributed by atoms with Crippen LogP contribution in [-0.4, -0.2) is 11.6 Å². The lowest BCUT2D eigenvalue weighted by Gasteiger charge is -1.96. The summed E-state index contributed by atoms with van der Waals surface area (Å²) in [5, 5.41) is 0. The Bertz CT molecular complexity index is 262. The minimum atomic E-state index is -0.491. The standard InChI is InChI=1S/C7H6FNO/c8-7-6-5(1-3-9-7)2-4-10-6/h1,3H,2,4H2. The van der Waals surface area contributed by atoms with E-state index in [1.165, 1.54) is 6.20 Å². The molecular formula is C7H6FNO. The Kier molecular flexibility index (Phi) is 1.09. The van der Waals surface area contributed by atoms with Gasteiger partial charge in [0.05, 0.1) is 6.61 Å². The van der Waals surface area contributed by atoms with Crippen LogP contribution in [-0.2, 0) is 6.42 Å². The van der Waals surface area contributed by atoms with Gasteiger partial charge in [-0.15, -0.1) is 0 Å². The van der Waals surface area contributed by atoms with Crippen LogP contribution in [0, 0.1) is 5.95 Å². The highest BCUT2D eigenvalue weighted by molar-refractivity contribution is 5.34. The smallest absolute Gasteiger partial charge is 0.255 e.